The van der Waals surface area contributed by atoms with Crippen LogP contribution in [0.15, 0.2) is 4.52 Å². The van der Waals surface area contributed by atoms with E-state index in [4.69, 9.17) is 14.2 Å². The summed E-state index contributed by atoms with van der Waals surface area (Å²) in [5.74, 6) is 4.43. The molecule has 1 N–H and O–H groups in total. The van der Waals surface area contributed by atoms with Crippen LogP contribution in [0.1, 0.15) is 56.3 Å². The number of nitrogens with one attached hydrogen (secondary N) is 1. The molecule has 5 heteroatoms. The van der Waals surface area contributed by atoms with Crippen LogP contribution in [0.25, 0.3) is 0 Å². The lowest BCUT2D eigenvalue weighted by Gasteiger charge is -2.55. The van der Waals surface area contributed by atoms with Gasteiger partial charge in [-0.3, -0.25) is 0 Å². The molecule has 5 fully saturated rings. The van der Waals surface area contributed by atoms with Gasteiger partial charge in [0.05, 0.1) is 24.7 Å². The van der Waals surface area contributed by atoms with Crippen molar-refractivity contribution in [2.24, 2.45) is 17.8 Å². The maximum atomic E-state index is 5.75. The molecule has 1 saturated heterocycles. The predicted molar refractivity (Wildman–Crippen MR) is 75.7 cm³/mol. The molecule has 0 spiro atoms. The topological polar surface area (TPSA) is 60.2 Å². The zero-order valence-corrected chi connectivity index (χ0v) is 12.4. The molecule has 0 aromatic carbocycles. The Kier molecular flexibility index (Phi) is 2.71. The van der Waals surface area contributed by atoms with Gasteiger partial charge in [0, 0.05) is 6.54 Å². The van der Waals surface area contributed by atoms with Crippen LogP contribution in [0.5, 0.6) is 0 Å². The lowest BCUT2D eigenvalue weighted by molar-refractivity contribution is -0.0201. The monoisotopic (exact) mass is 289 g/mol. The van der Waals surface area contributed by atoms with Gasteiger partial charge < -0.3 is 14.6 Å². The van der Waals surface area contributed by atoms with E-state index in [1.54, 1.807) is 0 Å². The first-order valence-corrected chi connectivity index (χ1v) is 8.46. The number of hydrogen-bond donors (Lipinski definition) is 1. The van der Waals surface area contributed by atoms with Gasteiger partial charge in [-0.25, -0.2) is 0 Å². The Morgan fingerprint density at radius 3 is 2.38 bits per heavy atom. The Hall–Kier alpha value is -0.940. The van der Waals surface area contributed by atoms with Crippen molar-refractivity contribution >= 4 is 0 Å². The normalized spacial score (nSPS) is 45.1. The van der Waals surface area contributed by atoms with E-state index in [1.807, 2.05) is 0 Å². The molecule has 1 aromatic rings. The molecule has 1 atom stereocenters. The van der Waals surface area contributed by atoms with E-state index in [2.05, 4.69) is 10.5 Å². The predicted octanol–water partition coefficient (Wildman–Crippen LogP) is 2.20. The first-order chi connectivity index (χ1) is 10.3. The Morgan fingerprint density at radius 2 is 1.76 bits per heavy atom. The second kappa shape index (κ2) is 4.53. The van der Waals surface area contributed by atoms with E-state index in [0.29, 0.717) is 6.61 Å². The first kappa shape index (κ1) is 12.6. The first-order valence-electron chi connectivity index (χ1n) is 8.46. The summed E-state index contributed by atoms with van der Waals surface area (Å²) in [5.41, 5.74) is 0.204. The van der Waals surface area contributed by atoms with Gasteiger partial charge in [-0.05, 0) is 56.3 Å². The highest BCUT2D eigenvalue weighted by Gasteiger charge is 2.54. The third-order valence-electron chi connectivity index (χ3n) is 6.17. The highest BCUT2D eigenvalue weighted by molar-refractivity contribution is 5.16. The quantitative estimate of drug-likeness (QED) is 0.904. The molecule has 1 unspecified atom stereocenters. The van der Waals surface area contributed by atoms with Gasteiger partial charge in [-0.15, -0.1) is 0 Å². The maximum Gasteiger partial charge on any atom is 0.232 e. The van der Waals surface area contributed by atoms with E-state index >= 15 is 0 Å². The van der Waals surface area contributed by atoms with Crippen LogP contribution in [-0.2, 0) is 10.2 Å². The molecule has 0 amide bonds. The van der Waals surface area contributed by atoms with Crippen molar-refractivity contribution in [1.29, 1.82) is 0 Å². The van der Waals surface area contributed by atoms with Crippen molar-refractivity contribution in [3.8, 4) is 0 Å². The van der Waals surface area contributed by atoms with Crippen LogP contribution in [0, 0.1) is 17.8 Å². The summed E-state index contributed by atoms with van der Waals surface area (Å²) < 4.78 is 11.3. The van der Waals surface area contributed by atoms with Crippen LogP contribution < -0.4 is 5.32 Å². The summed E-state index contributed by atoms with van der Waals surface area (Å²) in [6.07, 6.45) is 8.15. The van der Waals surface area contributed by atoms with Crippen molar-refractivity contribution in [3.63, 3.8) is 0 Å². The molecule has 4 saturated carbocycles. The van der Waals surface area contributed by atoms with Crippen LogP contribution in [0.4, 0.5) is 0 Å². The number of morpholine rings is 1. The highest BCUT2D eigenvalue weighted by atomic mass is 16.5. The van der Waals surface area contributed by atoms with E-state index in [1.165, 1.54) is 38.5 Å². The minimum Gasteiger partial charge on any atom is -0.378 e. The summed E-state index contributed by atoms with van der Waals surface area (Å²) >= 11 is 0. The van der Waals surface area contributed by atoms with Crippen LogP contribution >= 0.6 is 0 Å². The molecule has 4 aliphatic carbocycles. The fourth-order valence-electron chi connectivity index (χ4n) is 5.70. The molecular formula is C16H23N3O2. The minimum atomic E-state index is 0.102. The van der Waals surface area contributed by atoms with Crippen molar-refractivity contribution in [2.75, 3.05) is 19.8 Å². The molecule has 2 heterocycles. The molecule has 114 valence electrons. The summed E-state index contributed by atoms with van der Waals surface area (Å²) in [4.78, 5) is 4.80. The molecule has 0 radical (unpaired) electrons. The number of nitrogens with zero attached hydrogens (tertiary/aromatic N) is 2. The van der Waals surface area contributed by atoms with E-state index < -0.39 is 0 Å². The fraction of sp³-hybridized carbons (Fsp3) is 0.875. The molecule has 5 nitrogen and oxygen atoms in total. The van der Waals surface area contributed by atoms with Crippen molar-refractivity contribution < 1.29 is 9.26 Å². The Balaban J connectivity index is 1.44. The number of aromatic nitrogens is 2. The third-order valence-corrected chi connectivity index (χ3v) is 6.17. The largest absolute Gasteiger partial charge is 0.378 e. The molecule has 21 heavy (non-hydrogen) atoms. The summed E-state index contributed by atoms with van der Waals surface area (Å²) in [5, 5.41) is 7.68. The number of ether oxygens (including phenoxy) is 1. The second-order valence-electron chi connectivity index (χ2n) is 7.74. The van der Waals surface area contributed by atoms with Gasteiger partial charge in [-0.2, -0.15) is 4.98 Å². The zero-order chi connectivity index (χ0) is 13.9. The van der Waals surface area contributed by atoms with Gasteiger partial charge >= 0.3 is 0 Å². The smallest absolute Gasteiger partial charge is 0.232 e. The Bertz CT molecular complexity index is 500. The molecule has 5 aliphatic rings. The van der Waals surface area contributed by atoms with Crippen LogP contribution in [-0.4, -0.2) is 29.9 Å². The van der Waals surface area contributed by atoms with Crippen molar-refractivity contribution in [3.05, 3.63) is 11.7 Å². The summed E-state index contributed by atoms with van der Waals surface area (Å²) in [6, 6.07) is 0.102. The van der Waals surface area contributed by atoms with Gasteiger partial charge in [0.2, 0.25) is 5.89 Å². The zero-order valence-electron chi connectivity index (χ0n) is 12.4. The Labute approximate surface area is 124 Å². The minimum absolute atomic E-state index is 0.102. The highest BCUT2D eigenvalue weighted by Crippen LogP contribution is 2.60. The van der Waals surface area contributed by atoms with Crippen LogP contribution in [0.3, 0.4) is 0 Å². The summed E-state index contributed by atoms with van der Waals surface area (Å²) in [7, 11) is 0. The van der Waals surface area contributed by atoms with Crippen molar-refractivity contribution in [2.45, 2.75) is 50.0 Å². The Morgan fingerprint density at radius 1 is 1.05 bits per heavy atom. The SMILES string of the molecule is C1COCC(c2noc(C34CC5CC(CC(C5)C3)C4)n2)N1. The average molecular weight is 289 g/mol. The molecule has 4 bridgehead atoms. The average Bonchev–Trinajstić information content (AvgIpc) is 2.97. The van der Waals surface area contributed by atoms with Crippen molar-refractivity contribution in [1.82, 2.24) is 15.5 Å². The molecular weight excluding hydrogens is 266 g/mol. The maximum absolute atomic E-state index is 5.75. The second-order valence-corrected chi connectivity index (χ2v) is 7.74. The molecule has 1 aliphatic heterocycles. The number of rotatable bonds is 2. The standard InChI is InChI=1S/C16H23N3O2/c1-2-20-9-13(17-1)14-18-15(21-19-14)16-6-10-3-11(7-16)5-12(4-10)8-16/h10-13,17H,1-9H2. The van der Waals surface area contributed by atoms with E-state index in [9.17, 15) is 0 Å². The molecule has 6 rings (SSSR count). The van der Waals surface area contributed by atoms with Gasteiger partial charge in [0.25, 0.3) is 0 Å². The van der Waals surface area contributed by atoms with Gasteiger partial charge in [0.1, 0.15) is 0 Å². The van der Waals surface area contributed by atoms with E-state index in [0.717, 1.165) is 42.6 Å². The third kappa shape index (κ3) is 1.97. The van der Waals surface area contributed by atoms with Crippen LogP contribution in [0.2, 0.25) is 0 Å². The fourth-order valence-corrected chi connectivity index (χ4v) is 5.70. The number of hydrogen-bond acceptors (Lipinski definition) is 5. The molecule has 1 aromatic heterocycles. The van der Waals surface area contributed by atoms with Gasteiger partial charge in [0.15, 0.2) is 5.82 Å². The summed E-state index contributed by atoms with van der Waals surface area (Å²) in [6.45, 7) is 2.29. The lowest BCUT2D eigenvalue weighted by atomic mass is 9.49. The lowest BCUT2D eigenvalue weighted by Crippen LogP contribution is -2.48. The van der Waals surface area contributed by atoms with E-state index in [-0.39, 0.29) is 11.5 Å². The van der Waals surface area contributed by atoms with Gasteiger partial charge in [-0.1, -0.05) is 5.16 Å².